The Morgan fingerprint density at radius 3 is 2.43 bits per heavy atom. The lowest BCUT2D eigenvalue weighted by molar-refractivity contribution is -0.492. The molecule has 0 aliphatic carbocycles. The summed E-state index contributed by atoms with van der Waals surface area (Å²) < 4.78 is 8.73. The smallest absolute Gasteiger partial charge is 0.250 e. The largest absolute Gasteiger partial charge is 0.412 e. The number of quaternary nitrogens is 2. The molecule has 0 saturated heterocycles. The molecule has 0 bridgehead atoms. The van der Waals surface area contributed by atoms with Gasteiger partial charge in [-0.1, -0.05) is 10.6 Å². The summed E-state index contributed by atoms with van der Waals surface area (Å²) in [7, 11) is 0. The van der Waals surface area contributed by atoms with Gasteiger partial charge >= 0.3 is 0 Å². The van der Waals surface area contributed by atoms with Crippen molar-refractivity contribution < 1.29 is 24.6 Å². The van der Waals surface area contributed by atoms with Crippen LogP contribution in [0.2, 0.25) is 0 Å². The minimum absolute atomic E-state index is 0. The van der Waals surface area contributed by atoms with Crippen LogP contribution in [0.15, 0.2) is 14.1 Å². The second kappa shape index (κ2) is 7.88. The van der Waals surface area contributed by atoms with Crippen molar-refractivity contribution in [3.8, 4) is 11.6 Å². The van der Waals surface area contributed by atoms with E-state index in [9.17, 15) is 20.2 Å². The highest BCUT2D eigenvalue weighted by atomic mass is 16.7. The second-order valence-electron chi connectivity index (χ2n) is 2.48. The van der Waals surface area contributed by atoms with Gasteiger partial charge in [0, 0.05) is 0 Å². The van der Waals surface area contributed by atoms with E-state index in [-0.39, 0.29) is 29.4 Å². The molecule has 21 heavy (non-hydrogen) atoms. The van der Waals surface area contributed by atoms with E-state index in [4.69, 9.17) is 0 Å². The van der Waals surface area contributed by atoms with Crippen LogP contribution < -0.4 is 23.0 Å². The van der Waals surface area contributed by atoms with Crippen LogP contribution >= 0.6 is 0 Å². The van der Waals surface area contributed by atoms with Crippen LogP contribution in [0, 0.1) is 20.2 Å². The Bertz CT molecular complexity index is 654. The molecule has 0 amide bonds. The Morgan fingerprint density at radius 2 is 1.86 bits per heavy atom. The van der Waals surface area contributed by atoms with Crippen molar-refractivity contribution in [2.75, 3.05) is 0 Å². The molecule has 0 atom stereocenters. The number of hydrogen-bond donors (Lipinski definition) is 2. The Morgan fingerprint density at radius 1 is 1.19 bits per heavy atom. The Hall–Kier alpha value is -3.44. The Balaban J connectivity index is 0. The van der Waals surface area contributed by atoms with Crippen LogP contribution in [-0.2, 0) is 0 Å². The predicted molar refractivity (Wildman–Crippen MR) is 61.3 cm³/mol. The van der Waals surface area contributed by atoms with E-state index < -0.39 is 21.8 Å². The lowest BCUT2D eigenvalue weighted by Crippen LogP contribution is -2.07. The van der Waals surface area contributed by atoms with Crippen molar-refractivity contribution in [3.05, 3.63) is 31.3 Å². The summed E-state index contributed by atoms with van der Waals surface area (Å²) in [5.41, 5.74) is 2.09. The minimum atomic E-state index is -1.04. The van der Waals surface area contributed by atoms with Crippen LogP contribution in [0.1, 0.15) is 0 Å². The average Bonchev–Trinajstić information content (AvgIpc) is 2.85. The highest BCUT2D eigenvalue weighted by Crippen LogP contribution is 2.17. The maximum Gasteiger partial charge on any atom is 0.250 e. The Labute approximate surface area is 112 Å². The molecule has 17 heteroatoms. The molecule has 2 aromatic rings. The fourth-order valence-corrected chi connectivity index (χ4v) is 0.834. The van der Waals surface area contributed by atoms with Gasteiger partial charge in [0.1, 0.15) is 10.9 Å². The molecule has 0 saturated carbocycles. The maximum atomic E-state index is 10.0. The van der Waals surface area contributed by atoms with Crippen LogP contribution in [0.5, 0.6) is 0 Å². The number of nitrogens with zero attached hydrogens (tertiary/aromatic N) is 8. The van der Waals surface area contributed by atoms with Crippen molar-refractivity contribution in [1.82, 2.24) is 32.6 Å². The van der Waals surface area contributed by atoms with Crippen LogP contribution in [-0.4, -0.2) is 30.8 Å². The quantitative estimate of drug-likeness (QED) is 0.506. The molecule has 0 radical (unpaired) electrons. The number of aromatic nitrogens is 4. The highest BCUT2D eigenvalue weighted by Gasteiger charge is 2.03. The van der Waals surface area contributed by atoms with Gasteiger partial charge in [0.05, 0.1) is 10.9 Å². The highest BCUT2D eigenvalue weighted by molar-refractivity contribution is 5.42. The predicted octanol–water partition coefficient (Wildman–Crippen LogP) is -1.10. The molecule has 0 aliphatic heterocycles. The summed E-state index contributed by atoms with van der Waals surface area (Å²) in [4.78, 5) is 26.9. The zero-order valence-electron chi connectivity index (χ0n) is 10.5. The first-order chi connectivity index (χ1) is 8.54. The van der Waals surface area contributed by atoms with Crippen molar-refractivity contribution in [2.45, 2.75) is 0 Å². The summed E-state index contributed by atoms with van der Waals surface area (Å²) in [5.74, 6) is -0.576. The number of hydrogen-bond acceptors (Lipinski definition) is 9. The van der Waals surface area contributed by atoms with Gasteiger partial charge in [-0.25, -0.2) is 15.3 Å². The summed E-state index contributed by atoms with van der Waals surface area (Å²) in [6.45, 7) is 0. The lowest BCUT2D eigenvalue weighted by atomic mass is 10.6. The first kappa shape index (κ1) is 19.9. The zero-order valence-corrected chi connectivity index (χ0v) is 10.5. The van der Waals surface area contributed by atoms with Gasteiger partial charge in [-0.05, 0) is 5.10 Å². The van der Waals surface area contributed by atoms with Crippen molar-refractivity contribution >= 4 is 6.01 Å². The summed E-state index contributed by atoms with van der Waals surface area (Å²) >= 11 is 0. The van der Waals surface area contributed by atoms with Gasteiger partial charge in [0.25, 0.3) is 5.68 Å². The lowest BCUT2D eigenvalue weighted by Gasteiger charge is -1.94. The number of rotatable bonds is 4. The van der Waals surface area contributed by atoms with E-state index in [0.29, 0.717) is 0 Å². The van der Waals surface area contributed by atoms with Gasteiger partial charge in [-0.3, -0.25) is 10.1 Å². The topological polar surface area (TPSA) is 296 Å². The van der Waals surface area contributed by atoms with E-state index in [0.717, 1.165) is 0 Å². The Kier molecular flexibility index (Phi) is 7.46. The average molecular weight is 310 g/mol. The summed E-state index contributed by atoms with van der Waals surface area (Å²) in [6.07, 6.45) is 0. The molecule has 17 nitrogen and oxygen atoms in total. The maximum absolute atomic E-state index is 10.0. The van der Waals surface area contributed by atoms with E-state index in [1.165, 1.54) is 0 Å². The third-order valence-corrected chi connectivity index (χ3v) is 1.37. The first-order valence-electron chi connectivity index (χ1n) is 3.94. The summed E-state index contributed by atoms with van der Waals surface area (Å²) in [6, 6.07) is -0.632. The molecule has 0 aliphatic rings. The molecule has 2 rings (SSSR count). The fraction of sp³-hybridized carbons (Fsp3) is 0. The summed E-state index contributed by atoms with van der Waals surface area (Å²) in [5, 5.41) is 27.2. The zero-order chi connectivity index (χ0) is 13.1. The third kappa shape index (κ3) is 4.98. The van der Waals surface area contributed by atoms with Gasteiger partial charge in [0.2, 0.25) is 6.01 Å². The molecular weight excluding hydrogens is 300 g/mol. The minimum Gasteiger partial charge on any atom is -0.412 e. The standard InChI is InChI=1S/C4N8O6.2H3N.H2O/c13-11(14)7-3-5-1(9-17-3)2-6-4(18-10-2)8-12(15)16;;;/h;2*1H3;1H2/q-2;;;/p+2. The van der Waals surface area contributed by atoms with Crippen molar-refractivity contribution in [3.63, 3.8) is 0 Å². The molecule has 10 N–H and O–H groups in total. The van der Waals surface area contributed by atoms with Gasteiger partial charge in [0.15, 0.2) is 0 Å². The van der Waals surface area contributed by atoms with Crippen LogP contribution in [0.3, 0.4) is 0 Å². The van der Waals surface area contributed by atoms with E-state index >= 15 is 0 Å². The normalized spacial score (nSPS) is 9.81. The van der Waals surface area contributed by atoms with Crippen LogP contribution in [0.25, 0.3) is 17.1 Å². The van der Waals surface area contributed by atoms with E-state index in [1.807, 2.05) is 0 Å². The molecule has 0 fully saturated rings. The molecule has 0 aromatic carbocycles. The molecule has 118 valence electrons. The second-order valence-corrected chi connectivity index (χ2v) is 2.48. The number of nitro groups is 2. The molecule has 2 heterocycles. The molecular formula is C4H10N10O7. The van der Waals surface area contributed by atoms with Gasteiger partial charge in [-0.15, -0.1) is 0 Å². The van der Waals surface area contributed by atoms with E-state index in [1.54, 1.807) is 0 Å². The molecule has 0 spiro atoms. The van der Waals surface area contributed by atoms with Crippen molar-refractivity contribution in [2.24, 2.45) is 5.10 Å². The first-order valence-corrected chi connectivity index (χ1v) is 3.94. The van der Waals surface area contributed by atoms with Gasteiger partial charge < -0.3 is 36.8 Å². The van der Waals surface area contributed by atoms with Crippen LogP contribution in [0.4, 0.5) is 6.01 Å². The fourth-order valence-electron chi connectivity index (χ4n) is 0.834. The monoisotopic (exact) mass is 310 g/mol. The van der Waals surface area contributed by atoms with E-state index in [2.05, 4.69) is 39.9 Å². The van der Waals surface area contributed by atoms with Gasteiger partial charge in [-0.2, -0.15) is 0 Å². The van der Waals surface area contributed by atoms with Crippen molar-refractivity contribution in [1.29, 1.82) is 0 Å². The SMILES string of the molecule is O.O=[N+]([O-])/N=c1\[n-]c(-c2noc([N-][N+](=O)[O-])n2)no1.[NH4+].[NH4+]. The molecule has 2 aromatic heterocycles. The third-order valence-electron chi connectivity index (χ3n) is 1.37. The molecule has 0 unspecified atom stereocenters.